The zero-order valence-corrected chi connectivity index (χ0v) is 22.5. The Morgan fingerprint density at radius 3 is 2.40 bits per heavy atom. The van der Waals surface area contributed by atoms with E-state index in [0.717, 1.165) is 17.7 Å². The average Bonchev–Trinajstić information content (AvgIpc) is 3.64. The molecule has 0 amide bonds. The molecule has 0 spiro atoms. The van der Waals surface area contributed by atoms with Crippen molar-refractivity contribution in [2.75, 3.05) is 0 Å². The van der Waals surface area contributed by atoms with Gasteiger partial charge in [-0.3, -0.25) is 0 Å². The Labute approximate surface area is 241 Å². The quantitative estimate of drug-likeness (QED) is 0.215. The van der Waals surface area contributed by atoms with E-state index in [1.165, 1.54) is 52.5 Å². The molecule has 5 aromatic rings. The third-order valence-corrected chi connectivity index (χ3v) is 6.70. The molecule has 0 bridgehead atoms. The minimum Gasteiger partial charge on any atom is -0.406 e. The van der Waals surface area contributed by atoms with Gasteiger partial charge in [0.05, 0.1) is 13.1 Å². The molecule has 0 radical (unpaired) electrons. The van der Waals surface area contributed by atoms with Crippen LogP contribution in [-0.2, 0) is 18.7 Å². The van der Waals surface area contributed by atoms with Crippen LogP contribution in [0.2, 0.25) is 0 Å². The van der Waals surface area contributed by atoms with E-state index in [4.69, 9.17) is 0 Å². The molecule has 0 aliphatic rings. The average molecular weight is 598 g/mol. The number of ether oxygens (including phenoxy) is 1. The number of rotatable bonds is 10. The molecule has 0 aliphatic carbocycles. The van der Waals surface area contributed by atoms with E-state index in [2.05, 4.69) is 30.2 Å². The van der Waals surface area contributed by atoms with E-state index >= 15 is 0 Å². The van der Waals surface area contributed by atoms with E-state index in [-0.39, 0.29) is 24.4 Å². The minimum absolute atomic E-state index is 0.0726. The maximum Gasteiger partial charge on any atom is 0.573 e. The third kappa shape index (κ3) is 7.27. The molecule has 0 fully saturated rings. The molecule has 9 nitrogen and oxygen atoms in total. The molecule has 222 valence electrons. The largest absolute Gasteiger partial charge is 0.573 e. The lowest BCUT2D eigenvalue weighted by Gasteiger charge is -2.33. The highest BCUT2D eigenvalue weighted by Crippen LogP contribution is 2.35. The predicted octanol–water partition coefficient (Wildman–Crippen LogP) is 5.39. The van der Waals surface area contributed by atoms with Gasteiger partial charge in [-0.2, -0.15) is 9.90 Å². The minimum atomic E-state index is -4.77. The molecular weight excluding hydrogens is 573 g/mol. The van der Waals surface area contributed by atoms with E-state index in [9.17, 15) is 27.1 Å². The van der Waals surface area contributed by atoms with Crippen molar-refractivity contribution in [1.29, 1.82) is 0 Å². The molecule has 0 unspecified atom stereocenters. The van der Waals surface area contributed by atoms with Crippen molar-refractivity contribution < 1.29 is 31.8 Å². The van der Waals surface area contributed by atoms with Gasteiger partial charge in [0.15, 0.2) is 0 Å². The van der Waals surface area contributed by atoms with Gasteiger partial charge in [-0.05, 0) is 34.5 Å². The van der Waals surface area contributed by atoms with Crippen LogP contribution in [0, 0.1) is 17.6 Å². The summed E-state index contributed by atoms with van der Waals surface area (Å²) in [7, 11) is 0. The van der Waals surface area contributed by atoms with Crippen LogP contribution in [0.4, 0.5) is 22.0 Å². The Kier molecular flexibility index (Phi) is 8.30. The second-order valence-corrected chi connectivity index (χ2v) is 9.75. The Morgan fingerprint density at radius 1 is 1.00 bits per heavy atom. The number of alkyl halides is 3. The van der Waals surface area contributed by atoms with Crippen molar-refractivity contribution in [3.8, 4) is 17.1 Å². The maximum absolute atomic E-state index is 14.8. The number of halogens is 5. The van der Waals surface area contributed by atoms with Crippen LogP contribution in [0.25, 0.3) is 17.5 Å². The molecule has 2 atom stereocenters. The summed E-state index contributed by atoms with van der Waals surface area (Å²) in [5, 5.41) is 28.1. The summed E-state index contributed by atoms with van der Waals surface area (Å²) in [4.78, 5) is 5.19. The van der Waals surface area contributed by atoms with Crippen LogP contribution >= 0.6 is 0 Å². The summed E-state index contributed by atoms with van der Waals surface area (Å²) < 4.78 is 70.7. The Balaban J connectivity index is 1.27. The summed E-state index contributed by atoms with van der Waals surface area (Å²) in [5.41, 5.74) is 0.248. The van der Waals surface area contributed by atoms with Crippen LogP contribution in [0.5, 0.6) is 5.75 Å². The standard InChI is InChI=1S/C29H24F5N7O2/c1-19(28(42,16-40-18-35-17-36-40)25-13-10-23(30)14-26(25)31)2-3-20-4-8-22(9-5-20)27-37-39-41(38-27)15-21-6-11-24(12-7-21)43-29(32,33)34/h2-14,17-19,42H,15-16H2,1H3/b3-2+/t19-,28+/m0/s1. The predicted molar refractivity (Wildman–Crippen MR) is 144 cm³/mol. The first kappa shape index (κ1) is 29.5. The Hall–Kier alpha value is -4.98. The maximum atomic E-state index is 14.8. The van der Waals surface area contributed by atoms with Gasteiger partial charge in [0.1, 0.15) is 35.6 Å². The number of aromatic nitrogens is 7. The van der Waals surface area contributed by atoms with Crippen LogP contribution in [0.15, 0.2) is 85.5 Å². The number of nitrogens with zero attached hydrogens (tertiary/aromatic N) is 7. The molecule has 14 heteroatoms. The van der Waals surface area contributed by atoms with Crippen molar-refractivity contribution in [3.63, 3.8) is 0 Å². The number of aliphatic hydroxyl groups is 1. The van der Waals surface area contributed by atoms with Crippen LogP contribution < -0.4 is 4.74 Å². The molecule has 0 saturated heterocycles. The number of benzene rings is 3. The molecule has 1 N–H and O–H groups in total. The van der Waals surface area contributed by atoms with Gasteiger partial charge in [0, 0.05) is 23.1 Å². The Morgan fingerprint density at radius 2 is 1.74 bits per heavy atom. The fraction of sp³-hybridized carbons (Fsp3) is 0.207. The highest BCUT2D eigenvalue weighted by molar-refractivity contribution is 5.59. The molecule has 43 heavy (non-hydrogen) atoms. The highest BCUT2D eigenvalue weighted by atomic mass is 19.4. The fourth-order valence-electron chi connectivity index (χ4n) is 4.42. The van der Waals surface area contributed by atoms with Gasteiger partial charge in [0.25, 0.3) is 0 Å². The van der Waals surface area contributed by atoms with E-state index < -0.39 is 29.5 Å². The van der Waals surface area contributed by atoms with Crippen molar-refractivity contribution in [1.82, 2.24) is 35.0 Å². The van der Waals surface area contributed by atoms with Gasteiger partial charge in [-0.15, -0.1) is 23.4 Å². The summed E-state index contributed by atoms with van der Waals surface area (Å²) in [6.45, 7) is 1.78. The molecule has 3 aromatic carbocycles. The zero-order valence-electron chi connectivity index (χ0n) is 22.5. The summed E-state index contributed by atoms with van der Waals surface area (Å²) in [5.74, 6) is -2.24. The summed E-state index contributed by atoms with van der Waals surface area (Å²) in [6.07, 6.45) is 1.41. The van der Waals surface area contributed by atoms with E-state index in [0.29, 0.717) is 17.0 Å². The number of hydrogen-bond donors (Lipinski definition) is 1. The molecule has 5 rings (SSSR count). The van der Waals surface area contributed by atoms with Gasteiger partial charge in [0.2, 0.25) is 5.82 Å². The van der Waals surface area contributed by atoms with E-state index in [1.807, 2.05) is 0 Å². The normalized spacial score (nSPS) is 14.1. The third-order valence-electron chi connectivity index (χ3n) is 6.70. The van der Waals surface area contributed by atoms with Gasteiger partial charge in [-0.25, -0.2) is 18.4 Å². The summed E-state index contributed by atoms with van der Waals surface area (Å²) in [6, 6.07) is 15.6. The monoisotopic (exact) mass is 597 g/mol. The van der Waals surface area contributed by atoms with Gasteiger partial charge < -0.3 is 9.84 Å². The molecule has 0 saturated carbocycles. The highest BCUT2D eigenvalue weighted by Gasteiger charge is 2.38. The lowest BCUT2D eigenvalue weighted by molar-refractivity contribution is -0.274. The second-order valence-electron chi connectivity index (χ2n) is 9.75. The van der Waals surface area contributed by atoms with Crippen LogP contribution in [-0.4, -0.2) is 46.4 Å². The number of tetrazole rings is 1. The van der Waals surface area contributed by atoms with Crippen LogP contribution in [0.3, 0.4) is 0 Å². The first-order valence-electron chi connectivity index (χ1n) is 12.9. The smallest absolute Gasteiger partial charge is 0.406 e. The molecular formula is C29H24F5N7O2. The molecule has 2 aromatic heterocycles. The second kappa shape index (κ2) is 12.1. The van der Waals surface area contributed by atoms with Crippen molar-refractivity contribution >= 4 is 6.08 Å². The van der Waals surface area contributed by atoms with Crippen molar-refractivity contribution in [3.05, 3.63) is 114 Å². The van der Waals surface area contributed by atoms with Gasteiger partial charge >= 0.3 is 6.36 Å². The van der Waals surface area contributed by atoms with Gasteiger partial charge in [-0.1, -0.05) is 61.5 Å². The number of hydrogen-bond acceptors (Lipinski definition) is 7. The summed E-state index contributed by atoms with van der Waals surface area (Å²) >= 11 is 0. The van der Waals surface area contributed by atoms with Crippen molar-refractivity contribution in [2.45, 2.75) is 32.0 Å². The zero-order chi connectivity index (χ0) is 30.6. The van der Waals surface area contributed by atoms with E-state index in [1.54, 1.807) is 43.3 Å². The lowest BCUT2D eigenvalue weighted by atomic mass is 9.81. The molecule has 0 aliphatic heterocycles. The van der Waals surface area contributed by atoms with Crippen LogP contribution in [0.1, 0.15) is 23.6 Å². The lowest BCUT2D eigenvalue weighted by Crippen LogP contribution is -2.38. The topological polar surface area (TPSA) is 104 Å². The first-order chi connectivity index (χ1) is 20.5. The first-order valence-corrected chi connectivity index (χ1v) is 12.9. The molecule has 2 heterocycles. The SMILES string of the molecule is C[C@@H](/C=C/c1ccc(-c2nnn(Cc3ccc(OC(F)(F)F)cc3)n2)cc1)[C@](O)(Cn1cncn1)c1ccc(F)cc1F. The van der Waals surface area contributed by atoms with Crippen molar-refractivity contribution in [2.24, 2.45) is 5.92 Å². The fourth-order valence-corrected chi connectivity index (χ4v) is 4.42. The Bertz CT molecular complexity index is 1690.